The van der Waals surface area contributed by atoms with Gasteiger partial charge >= 0.3 is 19.4 Å². The fourth-order valence-electron chi connectivity index (χ4n) is 3.04. The number of esters is 1. The monoisotopic (exact) mass is 476 g/mol. The van der Waals surface area contributed by atoms with E-state index in [0.29, 0.717) is 0 Å². The van der Waals surface area contributed by atoms with Crippen molar-refractivity contribution in [3.8, 4) is 0 Å². The number of fused-ring (bicyclic) bond motifs is 1. The van der Waals surface area contributed by atoms with Crippen molar-refractivity contribution in [3.63, 3.8) is 0 Å². The third kappa shape index (κ3) is 5.36. The highest BCUT2D eigenvalue weighted by atomic mass is 31.2. The summed E-state index contributed by atoms with van der Waals surface area (Å²) in [5.41, 5.74) is 4.61. The Morgan fingerprint density at radius 2 is 2.12 bits per heavy atom. The van der Waals surface area contributed by atoms with E-state index in [1.807, 2.05) is 0 Å². The molecule has 1 saturated heterocycles. The zero-order chi connectivity index (χ0) is 23.8. The van der Waals surface area contributed by atoms with Gasteiger partial charge in [0.2, 0.25) is 5.88 Å². The molecule has 2 aliphatic heterocycles. The van der Waals surface area contributed by atoms with Crippen molar-refractivity contribution in [3.05, 3.63) is 28.6 Å². The minimum absolute atomic E-state index is 0.0393. The van der Waals surface area contributed by atoms with Crippen LogP contribution in [0, 0.1) is 0 Å². The van der Waals surface area contributed by atoms with Gasteiger partial charge in [0.05, 0.1) is 12.7 Å². The molecule has 32 heavy (non-hydrogen) atoms. The summed E-state index contributed by atoms with van der Waals surface area (Å²) in [6.07, 6.45) is -1.60. The molecule has 0 bridgehead atoms. The molecule has 14 heteroatoms. The number of nitrogen functional groups attached to an aromatic ring is 1. The number of carbonyl (C=O) groups excluding carboxylic acids is 1. The third-order valence-corrected chi connectivity index (χ3v) is 6.19. The molecule has 12 nitrogen and oxygen atoms in total. The molecular formula is C18H26FN4O8P. The first-order valence-corrected chi connectivity index (χ1v) is 11.4. The predicted octanol–water partition coefficient (Wildman–Crippen LogP) is 1.53. The van der Waals surface area contributed by atoms with Gasteiger partial charge in [-0.1, -0.05) is 0 Å². The molecule has 4 atom stereocenters. The molecule has 0 amide bonds. The van der Waals surface area contributed by atoms with Crippen LogP contribution in [0.3, 0.4) is 0 Å². The lowest BCUT2D eigenvalue weighted by Gasteiger charge is -2.37. The molecule has 3 N–H and O–H groups in total. The molecular weight excluding hydrogens is 450 g/mol. The number of anilines is 1. The molecule has 2 aliphatic rings. The van der Waals surface area contributed by atoms with Gasteiger partial charge in [0.25, 0.3) is 0 Å². The van der Waals surface area contributed by atoms with Crippen molar-refractivity contribution in [1.82, 2.24) is 14.6 Å². The second-order valence-corrected chi connectivity index (χ2v) is 9.67. The number of hydrogen-bond donors (Lipinski definition) is 2. The highest BCUT2D eigenvalue weighted by molar-refractivity contribution is 7.51. The second-order valence-electron chi connectivity index (χ2n) is 7.97. The number of nitrogens with one attached hydrogen (secondary N) is 1. The lowest BCUT2D eigenvalue weighted by molar-refractivity contribution is -0.214. The molecule has 0 spiro atoms. The van der Waals surface area contributed by atoms with Crippen molar-refractivity contribution in [2.45, 2.75) is 64.8 Å². The standard InChI is InChI=1S/C18H26FN4O8P/c1-9(2)28-16(24)10(3)22-32(26)27-8-11-14(30-18(4,5)31-32)13(19)15(29-11)23-7-6-12(20)21-17(23)25/h6-7,9-11,14H,8H2,1-5H3,(H,22,26)(H2,20,21,25)/t10-,11?,14-,32?/m0/s1. The van der Waals surface area contributed by atoms with Gasteiger partial charge in [-0.2, -0.15) is 4.98 Å². The predicted molar refractivity (Wildman–Crippen MR) is 110 cm³/mol. The number of carbonyl (C=O) groups is 1. The lowest BCUT2D eigenvalue weighted by Crippen LogP contribution is -2.45. The summed E-state index contributed by atoms with van der Waals surface area (Å²) in [6, 6.07) is 0.259. The van der Waals surface area contributed by atoms with Gasteiger partial charge in [-0.25, -0.2) is 23.4 Å². The molecule has 178 valence electrons. The van der Waals surface area contributed by atoms with Gasteiger partial charge in [0.1, 0.15) is 11.9 Å². The van der Waals surface area contributed by atoms with E-state index in [1.54, 1.807) is 13.8 Å². The van der Waals surface area contributed by atoms with Crippen LogP contribution in [0.25, 0.3) is 5.88 Å². The van der Waals surface area contributed by atoms with E-state index in [4.69, 9.17) is 29.0 Å². The summed E-state index contributed by atoms with van der Waals surface area (Å²) in [5, 5.41) is 2.49. The minimum atomic E-state index is -4.13. The summed E-state index contributed by atoms with van der Waals surface area (Å²) in [5.74, 6) is -3.68. The van der Waals surface area contributed by atoms with Crippen molar-refractivity contribution in [2.24, 2.45) is 0 Å². The Labute approximate surface area is 183 Å². The van der Waals surface area contributed by atoms with Crippen molar-refractivity contribution < 1.29 is 37.0 Å². The number of nitrogens with two attached hydrogens (primary N) is 1. The van der Waals surface area contributed by atoms with Crippen molar-refractivity contribution in [2.75, 3.05) is 12.3 Å². The summed E-state index contributed by atoms with van der Waals surface area (Å²) >= 11 is 0. The highest BCUT2D eigenvalue weighted by Gasteiger charge is 2.49. The second kappa shape index (κ2) is 8.91. The Kier molecular flexibility index (Phi) is 6.78. The summed E-state index contributed by atoms with van der Waals surface area (Å²) in [4.78, 5) is 27.7. The first kappa shape index (κ1) is 24.3. The van der Waals surface area contributed by atoms with Gasteiger partial charge < -0.3 is 19.9 Å². The van der Waals surface area contributed by atoms with Gasteiger partial charge in [-0.3, -0.25) is 13.8 Å². The van der Waals surface area contributed by atoms with Crippen LogP contribution >= 0.6 is 7.75 Å². The number of halogens is 1. The van der Waals surface area contributed by atoms with Crippen molar-refractivity contribution in [1.29, 1.82) is 0 Å². The van der Waals surface area contributed by atoms with Crippen LogP contribution in [0.15, 0.2) is 22.9 Å². The SMILES string of the molecule is CC(C)OC(=O)[C@H](C)NP1(=O)OCC2OC(n3ccc(N)nc3=O)=C(F)[C@H]2OC(C)(C)O1. The first-order valence-electron chi connectivity index (χ1n) is 9.83. The lowest BCUT2D eigenvalue weighted by atomic mass is 10.2. The smallest absolute Gasteiger partial charge is 0.408 e. The zero-order valence-corrected chi connectivity index (χ0v) is 19.1. The van der Waals surface area contributed by atoms with Crippen LogP contribution in [0.1, 0.15) is 34.6 Å². The maximum Gasteiger partial charge on any atom is 0.408 e. The summed E-state index contributed by atoms with van der Waals surface area (Å²) in [7, 11) is -4.13. The molecule has 0 aliphatic carbocycles. The number of ether oxygens (including phenoxy) is 3. The fourth-order valence-corrected chi connectivity index (χ4v) is 4.77. The number of nitrogens with zero attached hydrogens (tertiary/aromatic N) is 2. The fraction of sp³-hybridized carbons (Fsp3) is 0.611. The summed E-state index contributed by atoms with van der Waals surface area (Å²) < 4.78 is 56.4. The molecule has 1 fully saturated rings. The van der Waals surface area contributed by atoms with E-state index < -0.39 is 61.8 Å². The summed E-state index contributed by atoms with van der Waals surface area (Å²) in [6.45, 7) is 7.12. The van der Waals surface area contributed by atoms with Crippen LogP contribution in [0.2, 0.25) is 0 Å². The molecule has 3 heterocycles. The van der Waals surface area contributed by atoms with Gasteiger partial charge in [0.15, 0.2) is 23.8 Å². The van der Waals surface area contributed by atoms with E-state index in [0.717, 1.165) is 4.57 Å². The van der Waals surface area contributed by atoms with Crippen LogP contribution in [0.5, 0.6) is 0 Å². The van der Waals surface area contributed by atoms with E-state index in [2.05, 4.69) is 10.1 Å². The Balaban J connectivity index is 1.82. The average Bonchev–Trinajstić information content (AvgIpc) is 2.93. The number of aromatic nitrogens is 2. The van der Waals surface area contributed by atoms with E-state index in [1.165, 1.54) is 33.0 Å². The third-order valence-electron chi connectivity index (χ3n) is 4.32. The van der Waals surface area contributed by atoms with Gasteiger partial charge in [-0.05, 0) is 40.7 Å². The van der Waals surface area contributed by atoms with Crippen LogP contribution in [-0.2, 0) is 32.6 Å². The van der Waals surface area contributed by atoms with Crippen LogP contribution in [0.4, 0.5) is 10.2 Å². The molecule has 0 aromatic carbocycles. The molecule has 0 saturated carbocycles. The molecule has 0 radical (unpaired) electrons. The normalized spacial score (nSPS) is 28.5. The molecule has 1 aromatic heterocycles. The maximum absolute atomic E-state index is 15.1. The van der Waals surface area contributed by atoms with E-state index in [-0.39, 0.29) is 11.9 Å². The Hall–Kier alpha value is -2.31. The molecule has 3 rings (SSSR count). The topological polar surface area (TPSA) is 153 Å². The van der Waals surface area contributed by atoms with Crippen molar-refractivity contribution >= 4 is 25.4 Å². The number of hydrogen-bond acceptors (Lipinski definition) is 10. The highest BCUT2D eigenvalue weighted by Crippen LogP contribution is 2.52. The molecule has 1 aromatic rings. The number of rotatable bonds is 5. The molecule has 2 unspecified atom stereocenters. The Bertz CT molecular complexity index is 1030. The van der Waals surface area contributed by atoms with Gasteiger partial charge in [-0.15, -0.1) is 0 Å². The first-order chi connectivity index (χ1) is 14.8. The van der Waals surface area contributed by atoms with E-state index >= 15 is 4.39 Å². The Morgan fingerprint density at radius 1 is 1.44 bits per heavy atom. The van der Waals surface area contributed by atoms with Crippen LogP contribution < -0.4 is 16.5 Å². The minimum Gasteiger partial charge on any atom is -0.468 e. The van der Waals surface area contributed by atoms with Crippen LogP contribution in [-0.4, -0.2) is 52.3 Å². The Morgan fingerprint density at radius 3 is 2.75 bits per heavy atom. The van der Waals surface area contributed by atoms with Gasteiger partial charge in [0, 0.05) is 6.20 Å². The maximum atomic E-state index is 15.1. The quantitative estimate of drug-likeness (QED) is 0.470. The zero-order valence-electron chi connectivity index (χ0n) is 18.2. The largest absolute Gasteiger partial charge is 0.468 e. The van der Waals surface area contributed by atoms with E-state index in [9.17, 15) is 14.2 Å². The average molecular weight is 476 g/mol.